The van der Waals surface area contributed by atoms with Crippen LogP contribution >= 0.6 is 0 Å². The molecule has 1 fully saturated rings. The first kappa shape index (κ1) is 19.9. The Morgan fingerprint density at radius 2 is 1.77 bits per heavy atom. The molecule has 1 unspecified atom stereocenters. The third-order valence-corrected chi connectivity index (χ3v) is 4.33. The molecule has 2 amide bonds. The summed E-state index contributed by atoms with van der Waals surface area (Å²) in [4.78, 5) is 36.9. The second-order valence-electron chi connectivity index (χ2n) is 6.38. The van der Waals surface area contributed by atoms with Crippen molar-refractivity contribution < 1.29 is 24.2 Å². The van der Waals surface area contributed by atoms with Gasteiger partial charge in [0, 0.05) is 38.4 Å². The molecule has 0 radical (unpaired) electrons. The standard InChI is InChI=1S/C19H26N2O5/c22-17(7-8-18(23)21-10-12-26-13-11-21)20-16(6-9-19(24)25)14-15-4-2-1-3-5-15/h1-5,16H,6-14H2,(H,20,22)(H,24,25). The van der Waals surface area contributed by atoms with Gasteiger partial charge in [-0.25, -0.2) is 0 Å². The summed E-state index contributed by atoms with van der Waals surface area (Å²) in [5.74, 6) is -1.16. The van der Waals surface area contributed by atoms with Crippen LogP contribution in [0.1, 0.15) is 31.2 Å². The fourth-order valence-electron chi connectivity index (χ4n) is 2.91. The third kappa shape index (κ3) is 7.23. The van der Waals surface area contributed by atoms with Crippen molar-refractivity contribution in [1.82, 2.24) is 10.2 Å². The fraction of sp³-hybridized carbons (Fsp3) is 0.526. The number of carboxylic acid groups (broad SMARTS) is 1. The molecule has 1 aromatic rings. The number of amides is 2. The van der Waals surface area contributed by atoms with Crippen LogP contribution in [0.5, 0.6) is 0 Å². The molecule has 1 aliphatic heterocycles. The van der Waals surface area contributed by atoms with E-state index < -0.39 is 5.97 Å². The lowest BCUT2D eigenvalue weighted by Crippen LogP contribution is -2.41. The van der Waals surface area contributed by atoms with Crippen molar-refractivity contribution in [2.45, 2.75) is 38.1 Å². The van der Waals surface area contributed by atoms with E-state index in [1.54, 1.807) is 4.90 Å². The minimum absolute atomic E-state index is 0.00944. The SMILES string of the molecule is O=C(O)CCC(Cc1ccccc1)NC(=O)CCC(=O)N1CCOCC1. The molecule has 1 atom stereocenters. The van der Waals surface area contributed by atoms with Gasteiger partial charge in [-0.3, -0.25) is 14.4 Å². The Balaban J connectivity index is 1.82. The number of morpholine rings is 1. The number of carbonyl (C=O) groups is 3. The molecule has 7 heteroatoms. The highest BCUT2D eigenvalue weighted by Gasteiger charge is 2.19. The fourth-order valence-corrected chi connectivity index (χ4v) is 2.91. The van der Waals surface area contributed by atoms with E-state index >= 15 is 0 Å². The van der Waals surface area contributed by atoms with E-state index in [1.807, 2.05) is 30.3 Å². The van der Waals surface area contributed by atoms with Crippen LogP contribution in [-0.4, -0.2) is 60.1 Å². The minimum Gasteiger partial charge on any atom is -0.481 e. The lowest BCUT2D eigenvalue weighted by Gasteiger charge is -2.27. The van der Waals surface area contributed by atoms with Gasteiger partial charge in [0.1, 0.15) is 0 Å². The molecule has 0 bridgehead atoms. The van der Waals surface area contributed by atoms with E-state index in [2.05, 4.69) is 5.32 Å². The summed E-state index contributed by atoms with van der Waals surface area (Å²) in [5, 5.41) is 11.8. The first-order chi connectivity index (χ1) is 12.5. The van der Waals surface area contributed by atoms with Gasteiger partial charge in [0.2, 0.25) is 11.8 Å². The molecule has 1 heterocycles. The van der Waals surface area contributed by atoms with Gasteiger partial charge in [-0.15, -0.1) is 0 Å². The van der Waals surface area contributed by atoms with Gasteiger partial charge >= 0.3 is 5.97 Å². The van der Waals surface area contributed by atoms with Crippen LogP contribution in [0, 0.1) is 0 Å². The normalized spacial score (nSPS) is 15.3. The van der Waals surface area contributed by atoms with E-state index in [9.17, 15) is 14.4 Å². The Morgan fingerprint density at radius 1 is 1.08 bits per heavy atom. The van der Waals surface area contributed by atoms with Gasteiger partial charge in [-0.1, -0.05) is 30.3 Å². The number of rotatable bonds is 9. The van der Waals surface area contributed by atoms with E-state index in [-0.39, 0.29) is 37.1 Å². The molecule has 142 valence electrons. The molecular formula is C19H26N2O5. The van der Waals surface area contributed by atoms with Crippen LogP contribution in [0.4, 0.5) is 0 Å². The molecule has 1 saturated heterocycles. The van der Waals surface area contributed by atoms with Crippen molar-refractivity contribution in [2.24, 2.45) is 0 Å². The smallest absolute Gasteiger partial charge is 0.303 e. The van der Waals surface area contributed by atoms with Crippen molar-refractivity contribution in [2.75, 3.05) is 26.3 Å². The van der Waals surface area contributed by atoms with E-state index in [1.165, 1.54) is 0 Å². The Labute approximate surface area is 153 Å². The van der Waals surface area contributed by atoms with Crippen molar-refractivity contribution >= 4 is 17.8 Å². The number of nitrogens with zero attached hydrogens (tertiary/aromatic N) is 1. The van der Waals surface area contributed by atoms with Gasteiger partial charge in [0.15, 0.2) is 0 Å². The first-order valence-electron chi connectivity index (χ1n) is 8.95. The Hall–Kier alpha value is -2.41. The number of hydrogen-bond donors (Lipinski definition) is 2. The Bertz CT molecular complexity index is 599. The second-order valence-corrected chi connectivity index (χ2v) is 6.38. The number of aliphatic carboxylic acids is 1. The van der Waals surface area contributed by atoms with Crippen LogP contribution in [0.2, 0.25) is 0 Å². The van der Waals surface area contributed by atoms with Gasteiger partial charge in [0.25, 0.3) is 0 Å². The number of hydrogen-bond acceptors (Lipinski definition) is 4. The Morgan fingerprint density at radius 3 is 2.42 bits per heavy atom. The second kappa shape index (κ2) is 10.6. The molecule has 0 aliphatic carbocycles. The van der Waals surface area contributed by atoms with Gasteiger partial charge < -0.3 is 20.1 Å². The molecule has 0 aromatic heterocycles. The summed E-state index contributed by atoms with van der Waals surface area (Å²) in [6, 6.07) is 9.35. The van der Waals surface area contributed by atoms with Crippen molar-refractivity contribution in [3.63, 3.8) is 0 Å². The Kier molecular flexibility index (Phi) is 8.08. The maximum absolute atomic E-state index is 12.2. The maximum Gasteiger partial charge on any atom is 0.303 e. The zero-order valence-electron chi connectivity index (χ0n) is 14.9. The molecule has 0 spiro atoms. The van der Waals surface area contributed by atoms with Crippen molar-refractivity contribution in [3.05, 3.63) is 35.9 Å². The monoisotopic (exact) mass is 362 g/mol. The average molecular weight is 362 g/mol. The molecule has 1 aliphatic rings. The highest BCUT2D eigenvalue weighted by atomic mass is 16.5. The van der Waals surface area contributed by atoms with Crippen LogP contribution in [0.3, 0.4) is 0 Å². The zero-order valence-corrected chi connectivity index (χ0v) is 14.9. The predicted octanol–water partition coefficient (Wildman–Crippen LogP) is 1.22. The van der Waals surface area contributed by atoms with Crippen LogP contribution in [0.25, 0.3) is 0 Å². The zero-order chi connectivity index (χ0) is 18.8. The highest BCUT2D eigenvalue weighted by molar-refractivity contribution is 5.84. The lowest BCUT2D eigenvalue weighted by atomic mass is 10.0. The van der Waals surface area contributed by atoms with Crippen molar-refractivity contribution in [1.29, 1.82) is 0 Å². The number of carboxylic acids is 1. The number of ether oxygens (including phenoxy) is 1. The lowest BCUT2D eigenvalue weighted by molar-refractivity contribution is -0.137. The number of benzene rings is 1. The van der Waals surface area contributed by atoms with Gasteiger partial charge in [-0.2, -0.15) is 0 Å². The molecular weight excluding hydrogens is 336 g/mol. The van der Waals surface area contributed by atoms with E-state index in [0.29, 0.717) is 39.1 Å². The minimum atomic E-state index is -0.889. The summed E-state index contributed by atoms with van der Waals surface area (Å²) in [5.41, 5.74) is 1.03. The molecule has 7 nitrogen and oxygen atoms in total. The van der Waals surface area contributed by atoms with E-state index in [4.69, 9.17) is 9.84 Å². The van der Waals surface area contributed by atoms with E-state index in [0.717, 1.165) is 5.56 Å². The maximum atomic E-state index is 12.2. The molecule has 2 rings (SSSR count). The molecule has 26 heavy (non-hydrogen) atoms. The number of carbonyl (C=O) groups excluding carboxylic acids is 2. The average Bonchev–Trinajstić information content (AvgIpc) is 2.65. The number of nitrogens with one attached hydrogen (secondary N) is 1. The topological polar surface area (TPSA) is 95.9 Å². The first-order valence-corrected chi connectivity index (χ1v) is 8.95. The quantitative estimate of drug-likeness (QED) is 0.689. The predicted molar refractivity (Wildman–Crippen MR) is 95.6 cm³/mol. The summed E-state index contributed by atoms with van der Waals surface area (Å²) < 4.78 is 5.21. The van der Waals surface area contributed by atoms with Crippen LogP contribution in [-0.2, 0) is 25.5 Å². The summed E-state index contributed by atoms with van der Waals surface area (Å²) in [6.45, 7) is 2.20. The van der Waals surface area contributed by atoms with Crippen molar-refractivity contribution in [3.8, 4) is 0 Å². The summed E-state index contributed by atoms with van der Waals surface area (Å²) >= 11 is 0. The van der Waals surface area contributed by atoms with Gasteiger partial charge in [-0.05, 0) is 18.4 Å². The van der Waals surface area contributed by atoms with Crippen LogP contribution < -0.4 is 5.32 Å². The third-order valence-electron chi connectivity index (χ3n) is 4.33. The molecule has 1 aromatic carbocycles. The summed E-state index contributed by atoms with van der Waals surface area (Å²) in [7, 11) is 0. The highest BCUT2D eigenvalue weighted by Crippen LogP contribution is 2.09. The molecule has 0 saturated carbocycles. The van der Waals surface area contributed by atoms with Crippen LogP contribution in [0.15, 0.2) is 30.3 Å². The molecule has 2 N–H and O–H groups in total. The summed E-state index contributed by atoms with van der Waals surface area (Å²) in [6.07, 6.45) is 1.17. The largest absolute Gasteiger partial charge is 0.481 e. The van der Waals surface area contributed by atoms with Gasteiger partial charge in [0.05, 0.1) is 13.2 Å².